The lowest BCUT2D eigenvalue weighted by Gasteiger charge is -2.35. The van der Waals surface area contributed by atoms with E-state index in [0.717, 1.165) is 54.6 Å². The second kappa shape index (κ2) is 8.48. The number of rotatable bonds is 7. The lowest BCUT2D eigenvalue weighted by atomic mass is 9.70. The van der Waals surface area contributed by atoms with E-state index >= 15 is 0 Å². The molecule has 27 heavy (non-hydrogen) atoms. The van der Waals surface area contributed by atoms with Crippen LogP contribution in [0, 0.1) is 5.41 Å². The number of benzene rings is 1. The first kappa shape index (κ1) is 19.9. The fourth-order valence-electron chi connectivity index (χ4n) is 3.58. The third-order valence-corrected chi connectivity index (χ3v) is 6.30. The van der Waals surface area contributed by atoms with Crippen molar-refractivity contribution < 1.29 is 14.8 Å². The lowest BCUT2D eigenvalue weighted by Crippen LogP contribution is -2.34. The Morgan fingerprint density at radius 2 is 2.30 bits per heavy atom. The summed E-state index contributed by atoms with van der Waals surface area (Å²) in [6, 6.07) is 5.39. The number of carbonyl (C=O) groups excluding carboxylic acids is 2. The van der Waals surface area contributed by atoms with Gasteiger partial charge in [0, 0.05) is 28.6 Å². The first-order valence-corrected chi connectivity index (χ1v) is 9.95. The van der Waals surface area contributed by atoms with Gasteiger partial charge in [-0.2, -0.15) is 0 Å². The van der Waals surface area contributed by atoms with E-state index in [4.69, 9.17) is 16.8 Å². The molecule has 1 atom stereocenters. The van der Waals surface area contributed by atoms with Gasteiger partial charge >= 0.3 is 0 Å². The normalized spacial score (nSPS) is 19.0. The number of amides is 1. The second-order valence-corrected chi connectivity index (χ2v) is 8.85. The molecule has 3 rings (SSSR count). The Labute approximate surface area is 167 Å². The monoisotopic (exact) mass is 407 g/mol. The molecule has 1 amide bonds. The second-order valence-electron chi connectivity index (χ2n) is 7.15. The minimum atomic E-state index is -0.539. The van der Waals surface area contributed by atoms with Crippen molar-refractivity contribution in [1.29, 1.82) is 0 Å². The molecule has 0 saturated heterocycles. The van der Waals surface area contributed by atoms with Gasteiger partial charge in [-0.3, -0.25) is 10.0 Å². The van der Waals surface area contributed by atoms with Gasteiger partial charge < -0.3 is 9.69 Å². The quantitative estimate of drug-likeness (QED) is 0.418. The molecule has 1 aromatic carbocycles. The van der Waals surface area contributed by atoms with Gasteiger partial charge in [0.05, 0.1) is 0 Å². The van der Waals surface area contributed by atoms with Gasteiger partial charge in [0.1, 0.15) is 6.29 Å². The highest BCUT2D eigenvalue weighted by Crippen LogP contribution is 2.37. The maximum atomic E-state index is 12.0. The highest BCUT2D eigenvalue weighted by Gasteiger charge is 2.34. The smallest absolute Gasteiger partial charge is 0.274 e. The molecule has 0 radical (unpaired) electrons. The predicted molar refractivity (Wildman–Crippen MR) is 104 cm³/mol. The van der Waals surface area contributed by atoms with Gasteiger partial charge in [-0.05, 0) is 62.5 Å². The number of aromatic nitrogens is 1. The van der Waals surface area contributed by atoms with E-state index < -0.39 is 11.3 Å². The Bertz CT molecular complexity index is 841. The van der Waals surface area contributed by atoms with Gasteiger partial charge in [0.15, 0.2) is 4.47 Å². The molecule has 0 spiro atoms. The van der Waals surface area contributed by atoms with Crippen LogP contribution in [0.5, 0.6) is 0 Å². The molecule has 144 valence electrons. The van der Waals surface area contributed by atoms with E-state index in [0.29, 0.717) is 16.5 Å². The molecule has 2 N–H and O–H groups in total. The number of hydrogen-bond acceptors (Lipinski definition) is 6. The number of nitrogens with zero attached hydrogens (tertiary/aromatic N) is 2. The van der Waals surface area contributed by atoms with Crippen molar-refractivity contribution in [1.82, 2.24) is 15.4 Å². The molecule has 1 aliphatic rings. The fourth-order valence-corrected chi connectivity index (χ4v) is 4.64. The number of thiazole rings is 1. The summed E-state index contributed by atoms with van der Waals surface area (Å²) in [6.07, 6.45) is 5.82. The highest BCUT2D eigenvalue weighted by molar-refractivity contribution is 7.15. The summed E-state index contributed by atoms with van der Waals surface area (Å²) in [6.45, 7) is 1.52. The number of aldehydes is 1. The van der Waals surface area contributed by atoms with E-state index in [-0.39, 0.29) is 0 Å². The highest BCUT2D eigenvalue weighted by atomic mass is 35.5. The van der Waals surface area contributed by atoms with E-state index in [9.17, 15) is 9.59 Å². The number of carbonyl (C=O) groups is 2. The molecule has 1 heterocycles. The van der Waals surface area contributed by atoms with Crippen molar-refractivity contribution in [3.63, 3.8) is 0 Å². The van der Waals surface area contributed by atoms with Crippen molar-refractivity contribution >= 4 is 35.1 Å². The van der Waals surface area contributed by atoms with Crippen molar-refractivity contribution in [2.24, 2.45) is 5.41 Å². The molecular formula is C19H22ClN3O3S. The van der Waals surface area contributed by atoms with Crippen LogP contribution in [0.1, 0.15) is 39.2 Å². The molecule has 1 aromatic heterocycles. The van der Waals surface area contributed by atoms with E-state index in [1.165, 1.54) is 11.3 Å². The van der Waals surface area contributed by atoms with E-state index in [1.807, 2.05) is 13.1 Å². The third-order valence-electron chi connectivity index (χ3n) is 5.20. The zero-order valence-electron chi connectivity index (χ0n) is 15.1. The van der Waals surface area contributed by atoms with Crippen molar-refractivity contribution in [2.45, 2.75) is 32.2 Å². The summed E-state index contributed by atoms with van der Waals surface area (Å²) >= 11 is 7.34. The average Bonchev–Trinajstić information content (AvgIpc) is 3.09. The Hall–Kier alpha value is -1.80. The summed E-state index contributed by atoms with van der Waals surface area (Å²) in [7, 11) is 2.02. The molecule has 0 fully saturated rings. The standard InChI is InChI=1S/C19H22ClN3O3S/c1-23(11-16-10-21-18(20)27-16)7-6-19(12-24)5-4-13-2-3-14(17(25)22-26)8-15(13)9-19/h2-3,8,10,12,26H,4-7,9,11H2,1H3,(H,22,25)/t19-/m1/s1. The fraction of sp³-hybridized carbons (Fsp3) is 0.421. The van der Waals surface area contributed by atoms with E-state index in [1.54, 1.807) is 23.8 Å². The summed E-state index contributed by atoms with van der Waals surface area (Å²) < 4.78 is 0.536. The van der Waals surface area contributed by atoms with Crippen LogP contribution in [0.4, 0.5) is 0 Å². The molecule has 6 nitrogen and oxygen atoms in total. The molecule has 0 bridgehead atoms. The Kier molecular flexibility index (Phi) is 6.26. The Morgan fingerprint density at radius 3 is 2.96 bits per heavy atom. The third kappa shape index (κ3) is 4.73. The Morgan fingerprint density at radius 1 is 1.48 bits per heavy atom. The first-order chi connectivity index (χ1) is 12.9. The summed E-state index contributed by atoms with van der Waals surface area (Å²) in [5.41, 5.74) is 3.80. The topological polar surface area (TPSA) is 82.5 Å². The van der Waals surface area contributed by atoms with Crippen LogP contribution in [0.15, 0.2) is 24.4 Å². The van der Waals surface area contributed by atoms with Crippen LogP contribution in [0.25, 0.3) is 0 Å². The van der Waals surface area contributed by atoms with E-state index in [2.05, 4.69) is 9.88 Å². The number of aryl methyl sites for hydroxylation is 1. The molecule has 0 unspecified atom stereocenters. The van der Waals surface area contributed by atoms with Gasteiger partial charge in [-0.1, -0.05) is 17.7 Å². The average molecular weight is 408 g/mol. The molecule has 2 aromatic rings. The van der Waals surface area contributed by atoms with Gasteiger partial charge in [0.2, 0.25) is 0 Å². The number of hydrogen-bond donors (Lipinski definition) is 2. The minimum absolute atomic E-state index is 0.400. The van der Waals surface area contributed by atoms with Crippen LogP contribution < -0.4 is 5.48 Å². The molecule has 1 aliphatic carbocycles. The van der Waals surface area contributed by atoms with Crippen LogP contribution in [-0.2, 0) is 24.2 Å². The number of halogens is 1. The molecule has 8 heteroatoms. The van der Waals surface area contributed by atoms with Crippen LogP contribution in [0.2, 0.25) is 4.47 Å². The van der Waals surface area contributed by atoms with Crippen molar-refractivity contribution in [2.75, 3.05) is 13.6 Å². The van der Waals surface area contributed by atoms with Crippen molar-refractivity contribution in [3.05, 3.63) is 50.4 Å². The predicted octanol–water partition coefficient (Wildman–Crippen LogP) is 3.11. The summed E-state index contributed by atoms with van der Waals surface area (Å²) in [5, 5.41) is 8.84. The largest absolute Gasteiger partial charge is 0.303 e. The lowest BCUT2D eigenvalue weighted by molar-refractivity contribution is -0.117. The first-order valence-electron chi connectivity index (χ1n) is 8.76. The van der Waals surface area contributed by atoms with Crippen LogP contribution in [-0.4, -0.2) is 40.9 Å². The zero-order chi connectivity index (χ0) is 19.4. The number of nitrogens with one attached hydrogen (secondary N) is 1. The van der Waals surface area contributed by atoms with Gasteiger partial charge in [-0.15, -0.1) is 11.3 Å². The molecule has 0 saturated carbocycles. The Balaban J connectivity index is 1.67. The zero-order valence-corrected chi connectivity index (χ0v) is 16.6. The van der Waals surface area contributed by atoms with Gasteiger partial charge in [-0.25, -0.2) is 10.5 Å². The van der Waals surface area contributed by atoms with Crippen LogP contribution >= 0.6 is 22.9 Å². The molecular weight excluding hydrogens is 386 g/mol. The SMILES string of the molecule is CN(CC[C@]1(C=O)CCc2ccc(C(=O)NO)cc2C1)Cc1cnc(Cl)s1. The number of hydroxylamine groups is 1. The van der Waals surface area contributed by atoms with Gasteiger partial charge in [0.25, 0.3) is 5.91 Å². The van der Waals surface area contributed by atoms with Crippen molar-refractivity contribution in [3.8, 4) is 0 Å². The minimum Gasteiger partial charge on any atom is -0.303 e. The molecule has 0 aliphatic heterocycles. The summed E-state index contributed by atoms with van der Waals surface area (Å²) in [4.78, 5) is 31.0. The maximum absolute atomic E-state index is 12.0. The van der Waals surface area contributed by atoms with Crippen LogP contribution in [0.3, 0.4) is 0 Å². The number of fused-ring (bicyclic) bond motifs is 1. The summed E-state index contributed by atoms with van der Waals surface area (Å²) in [5.74, 6) is -0.539. The maximum Gasteiger partial charge on any atom is 0.274 e.